The number of rotatable bonds is 7. The molecule has 0 aliphatic rings. The van der Waals surface area contributed by atoms with Crippen LogP contribution >= 0.6 is 35.0 Å². The van der Waals surface area contributed by atoms with Crippen molar-refractivity contribution in [1.29, 1.82) is 0 Å². The van der Waals surface area contributed by atoms with E-state index in [1.165, 1.54) is 24.0 Å². The quantitative estimate of drug-likeness (QED) is 0.388. The van der Waals surface area contributed by atoms with E-state index in [0.29, 0.717) is 5.02 Å². The predicted octanol–water partition coefficient (Wildman–Crippen LogP) is 5.40. The topological polar surface area (TPSA) is 68.3 Å². The molecule has 0 bridgehead atoms. The van der Waals surface area contributed by atoms with Crippen molar-refractivity contribution in [1.82, 2.24) is 4.98 Å². The van der Waals surface area contributed by atoms with E-state index < -0.39 is 23.7 Å². The van der Waals surface area contributed by atoms with Crippen LogP contribution < -0.4 is 5.32 Å². The Kier molecular flexibility index (Phi) is 7.52. The van der Waals surface area contributed by atoms with Gasteiger partial charge in [0, 0.05) is 11.1 Å². The number of amides is 1. The SMILES string of the molecule is O=C(COC(=O)C(Sc1ccccc1)c1ccccc1)Nc1ncc(Cl)cc1Cl. The molecule has 1 heterocycles. The molecule has 1 atom stereocenters. The Hall–Kier alpha value is -2.54. The highest BCUT2D eigenvalue weighted by molar-refractivity contribution is 8.00. The second-order valence-electron chi connectivity index (χ2n) is 5.86. The van der Waals surface area contributed by atoms with Crippen molar-refractivity contribution in [2.45, 2.75) is 10.1 Å². The minimum absolute atomic E-state index is 0.149. The summed E-state index contributed by atoms with van der Waals surface area (Å²) >= 11 is 13.1. The van der Waals surface area contributed by atoms with Gasteiger partial charge in [-0.1, -0.05) is 71.7 Å². The van der Waals surface area contributed by atoms with Crippen LogP contribution in [0.4, 0.5) is 5.82 Å². The molecule has 0 saturated carbocycles. The maximum Gasteiger partial charge on any atom is 0.324 e. The first-order valence-corrected chi connectivity index (χ1v) is 10.2. The first-order chi connectivity index (χ1) is 14.0. The van der Waals surface area contributed by atoms with E-state index in [1.807, 2.05) is 60.7 Å². The molecule has 29 heavy (non-hydrogen) atoms. The van der Waals surface area contributed by atoms with Crippen LogP contribution in [0.15, 0.2) is 77.8 Å². The fourth-order valence-corrected chi connectivity index (χ4v) is 3.87. The molecule has 8 heteroatoms. The Morgan fingerprint density at radius 3 is 2.34 bits per heavy atom. The number of aromatic nitrogens is 1. The smallest absolute Gasteiger partial charge is 0.324 e. The van der Waals surface area contributed by atoms with Gasteiger partial charge in [-0.05, 0) is 23.8 Å². The Bertz CT molecular complexity index is 988. The second kappa shape index (κ2) is 10.3. The van der Waals surface area contributed by atoms with Gasteiger partial charge in [-0.25, -0.2) is 4.98 Å². The number of halogens is 2. The molecule has 0 aliphatic heterocycles. The number of pyridine rings is 1. The van der Waals surface area contributed by atoms with Gasteiger partial charge in [0.25, 0.3) is 5.91 Å². The molecule has 1 N–H and O–H groups in total. The molecule has 148 valence electrons. The third-order valence-corrected chi connectivity index (χ3v) is 5.46. The van der Waals surface area contributed by atoms with Gasteiger partial charge in [0.2, 0.25) is 0 Å². The number of hydrogen-bond donors (Lipinski definition) is 1. The fraction of sp³-hybridized carbons (Fsp3) is 0.0952. The van der Waals surface area contributed by atoms with E-state index in [2.05, 4.69) is 10.3 Å². The Morgan fingerprint density at radius 1 is 1.03 bits per heavy atom. The third-order valence-electron chi connectivity index (χ3n) is 3.72. The first kappa shape index (κ1) is 21.2. The number of benzene rings is 2. The zero-order chi connectivity index (χ0) is 20.6. The van der Waals surface area contributed by atoms with Crippen LogP contribution in [0.3, 0.4) is 0 Å². The van der Waals surface area contributed by atoms with Crippen molar-refractivity contribution in [2.24, 2.45) is 0 Å². The number of esters is 1. The maximum atomic E-state index is 12.7. The van der Waals surface area contributed by atoms with Gasteiger partial charge in [0.1, 0.15) is 5.25 Å². The lowest BCUT2D eigenvalue weighted by molar-refractivity contribution is -0.146. The van der Waals surface area contributed by atoms with Gasteiger partial charge in [-0.3, -0.25) is 9.59 Å². The summed E-state index contributed by atoms with van der Waals surface area (Å²) in [5.41, 5.74) is 0.786. The lowest BCUT2D eigenvalue weighted by Crippen LogP contribution is -2.23. The monoisotopic (exact) mass is 446 g/mol. The van der Waals surface area contributed by atoms with Gasteiger partial charge in [0.05, 0.1) is 10.0 Å². The van der Waals surface area contributed by atoms with Crippen LogP contribution in [0.2, 0.25) is 10.0 Å². The van der Waals surface area contributed by atoms with Crippen LogP contribution in [0.1, 0.15) is 10.8 Å². The number of thioether (sulfide) groups is 1. The molecule has 3 aromatic rings. The van der Waals surface area contributed by atoms with Crippen molar-refractivity contribution in [3.63, 3.8) is 0 Å². The highest BCUT2D eigenvalue weighted by atomic mass is 35.5. The average molecular weight is 447 g/mol. The second-order valence-corrected chi connectivity index (χ2v) is 7.88. The minimum Gasteiger partial charge on any atom is -0.454 e. The van der Waals surface area contributed by atoms with Crippen LogP contribution in [0.25, 0.3) is 0 Å². The Labute approximate surface area is 182 Å². The highest BCUT2D eigenvalue weighted by Crippen LogP contribution is 2.36. The first-order valence-electron chi connectivity index (χ1n) is 8.57. The molecule has 1 unspecified atom stereocenters. The van der Waals surface area contributed by atoms with E-state index >= 15 is 0 Å². The Balaban J connectivity index is 1.65. The largest absolute Gasteiger partial charge is 0.454 e. The molecule has 0 saturated heterocycles. The fourth-order valence-electron chi connectivity index (χ4n) is 2.40. The van der Waals surface area contributed by atoms with Gasteiger partial charge < -0.3 is 10.1 Å². The lowest BCUT2D eigenvalue weighted by Gasteiger charge is -2.16. The summed E-state index contributed by atoms with van der Waals surface area (Å²) < 4.78 is 5.26. The summed E-state index contributed by atoms with van der Waals surface area (Å²) in [6.45, 7) is -0.460. The molecule has 0 fully saturated rings. The van der Waals surface area contributed by atoms with Crippen LogP contribution in [-0.4, -0.2) is 23.5 Å². The van der Waals surface area contributed by atoms with E-state index in [-0.39, 0.29) is 10.8 Å². The summed E-state index contributed by atoms with van der Waals surface area (Å²) in [6, 6.07) is 20.2. The maximum absolute atomic E-state index is 12.7. The van der Waals surface area contributed by atoms with Gasteiger partial charge in [-0.2, -0.15) is 0 Å². The summed E-state index contributed by atoms with van der Waals surface area (Å²) in [5, 5.41) is 2.43. The van der Waals surface area contributed by atoms with Crippen molar-refractivity contribution in [2.75, 3.05) is 11.9 Å². The summed E-state index contributed by atoms with van der Waals surface area (Å²) in [5.74, 6) is -0.919. The number of anilines is 1. The molecular weight excluding hydrogens is 431 g/mol. The number of carbonyl (C=O) groups excluding carboxylic acids is 2. The number of nitrogens with zero attached hydrogens (tertiary/aromatic N) is 1. The standard InChI is InChI=1S/C21H16Cl2N2O3S/c22-15-11-17(23)20(24-12-15)25-18(26)13-28-21(27)19(14-7-3-1-4-8-14)29-16-9-5-2-6-10-16/h1-12,19H,13H2,(H,24,25,26). The molecule has 0 radical (unpaired) electrons. The van der Waals surface area contributed by atoms with E-state index in [1.54, 1.807) is 0 Å². The molecule has 0 spiro atoms. The van der Waals surface area contributed by atoms with Crippen molar-refractivity contribution < 1.29 is 14.3 Å². The molecule has 1 aromatic heterocycles. The summed E-state index contributed by atoms with van der Waals surface area (Å²) in [6.07, 6.45) is 1.36. The lowest BCUT2D eigenvalue weighted by atomic mass is 10.1. The van der Waals surface area contributed by atoms with E-state index in [9.17, 15) is 9.59 Å². The summed E-state index contributed by atoms with van der Waals surface area (Å²) in [4.78, 5) is 29.7. The zero-order valence-electron chi connectivity index (χ0n) is 15.0. The minimum atomic E-state index is -0.608. The number of nitrogens with one attached hydrogen (secondary N) is 1. The van der Waals surface area contributed by atoms with E-state index in [4.69, 9.17) is 27.9 Å². The van der Waals surface area contributed by atoms with Crippen molar-refractivity contribution in [3.05, 3.63) is 88.5 Å². The van der Waals surface area contributed by atoms with Crippen LogP contribution in [0, 0.1) is 0 Å². The number of carbonyl (C=O) groups is 2. The average Bonchev–Trinajstić information content (AvgIpc) is 2.74. The van der Waals surface area contributed by atoms with Crippen LogP contribution in [-0.2, 0) is 14.3 Å². The van der Waals surface area contributed by atoms with E-state index in [0.717, 1.165) is 10.5 Å². The molecule has 1 amide bonds. The number of ether oxygens (including phenoxy) is 1. The van der Waals surface area contributed by atoms with Gasteiger partial charge in [-0.15, -0.1) is 11.8 Å². The van der Waals surface area contributed by atoms with Gasteiger partial charge >= 0.3 is 5.97 Å². The predicted molar refractivity (Wildman–Crippen MR) is 115 cm³/mol. The van der Waals surface area contributed by atoms with Crippen molar-refractivity contribution >= 4 is 52.7 Å². The molecular formula is C21H16Cl2N2O3S. The number of hydrogen-bond acceptors (Lipinski definition) is 5. The highest BCUT2D eigenvalue weighted by Gasteiger charge is 2.24. The molecule has 3 rings (SSSR count). The summed E-state index contributed by atoms with van der Waals surface area (Å²) in [7, 11) is 0. The van der Waals surface area contributed by atoms with Gasteiger partial charge in [0.15, 0.2) is 12.4 Å². The molecule has 2 aromatic carbocycles. The molecule has 5 nitrogen and oxygen atoms in total. The van der Waals surface area contributed by atoms with Crippen molar-refractivity contribution in [3.8, 4) is 0 Å². The Morgan fingerprint density at radius 2 is 1.69 bits per heavy atom. The molecule has 0 aliphatic carbocycles. The zero-order valence-corrected chi connectivity index (χ0v) is 17.4. The van der Waals surface area contributed by atoms with Crippen LogP contribution in [0.5, 0.6) is 0 Å². The third kappa shape index (κ3) is 6.22. The normalized spacial score (nSPS) is 11.5.